The van der Waals surface area contributed by atoms with Crippen molar-refractivity contribution in [3.05, 3.63) is 27.7 Å². The molecule has 0 aromatic heterocycles. The van der Waals surface area contributed by atoms with Crippen LogP contribution in [0.1, 0.15) is 30.9 Å². The molecule has 1 aromatic rings. The van der Waals surface area contributed by atoms with Gasteiger partial charge in [0.2, 0.25) is 5.91 Å². The molecule has 1 saturated carbocycles. The number of benzene rings is 1. The standard InChI is InChI=1S/C15H17BrN2O/c1-9-4-11(3)13(12(16)5-9)18-14(19)15(8-17)6-10(2)7-15/h4-5,10H,6-7H2,1-3H3,(H,18,19). The lowest BCUT2D eigenvalue weighted by molar-refractivity contribution is -0.128. The first-order valence-electron chi connectivity index (χ1n) is 6.37. The molecule has 19 heavy (non-hydrogen) atoms. The van der Waals surface area contributed by atoms with Crippen molar-refractivity contribution < 1.29 is 4.79 Å². The summed E-state index contributed by atoms with van der Waals surface area (Å²) in [5.41, 5.74) is 2.07. The Balaban J connectivity index is 2.23. The van der Waals surface area contributed by atoms with Gasteiger partial charge in [-0.25, -0.2) is 0 Å². The highest BCUT2D eigenvalue weighted by atomic mass is 79.9. The molecule has 1 aliphatic rings. The summed E-state index contributed by atoms with van der Waals surface area (Å²) in [6, 6.07) is 6.17. The fraction of sp³-hybridized carbons (Fsp3) is 0.467. The smallest absolute Gasteiger partial charge is 0.244 e. The minimum atomic E-state index is -0.837. The predicted molar refractivity (Wildman–Crippen MR) is 78.7 cm³/mol. The number of aryl methyl sites for hydroxylation is 2. The van der Waals surface area contributed by atoms with Crippen LogP contribution in [0.25, 0.3) is 0 Å². The predicted octanol–water partition coefficient (Wildman–Crippen LogP) is 3.94. The van der Waals surface area contributed by atoms with Crippen LogP contribution in [0.4, 0.5) is 5.69 Å². The number of nitriles is 1. The number of halogens is 1. The van der Waals surface area contributed by atoms with E-state index in [0.29, 0.717) is 18.8 Å². The van der Waals surface area contributed by atoms with Gasteiger partial charge < -0.3 is 5.32 Å². The minimum absolute atomic E-state index is 0.180. The van der Waals surface area contributed by atoms with Crippen molar-refractivity contribution in [1.29, 1.82) is 5.26 Å². The average Bonchev–Trinajstić information content (AvgIpc) is 2.29. The zero-order valence-corrected chi connectivity index (χ0v) is 13.0. The molecule has 0 heterocycles. The van der Waals surface area contributed by atoms with Gasteiger partial charge in [0.05, 0.1) is 11.8 Å². The Labute approximate surface area is 122 Å². The quantitative estimate of drug-likeness (QED) is 0.897. The Kier molecular flexibility index (Phi) is 3.69. The van der Waals surface area contributed by atoms with E-state index in [0.717, 1.165) is 21.3 Å². The van der Waals surface area contributed by atoms with Crippen LogP contribution in [0.2, 0.25) is 0 Å². The van der Waals surface area contributed by atoms with E-state index in [4.69, 9.17) is 0 Å². The summed E-state index contributed by atoms with van der Waals surface area (Å²) >= 11 is 3.47. The van der Waals surface area contributed by atoms with Gasteiger partial charge in [-0.1, -0.05) is 13.0 Å². The topological polar surface area (TPSA) is 52.9 Å². The van der Waals surface area contributed by atoms with Crippen molar-refractivity contribution in [2.24, 2.45) is 11.3 Å². The van der Waals surface area contributed by atoms with Gasteiger partial charge in [-0.15, -0.1) is 0 Å². The molecule has 1 N–H and O–H groups in total. The van der Waals surface area contributed by atoms with E-state index in [9.17, 15) is 10.1 Å². The van der Waals surface area contributed by atoms with E-state index in [2.05, 4.69) is 34.2 Å². The SMILES string of the molecule is Cc1cc(C)c(NC(=O)C2(C#N)CC(C)C2)c(Br)c1. The number of rotatable bonds is 2. The first kappa shape index (κ1) is 14.1. The van der Waals surface area contributed by atoms with Crippen LogP contribution < -0.4 is 5.32 Å². The third-order valence-corrected chi connectivity index (χ3v) is 4.34. The molecule has 0 spiro atoms. The minimum Gasteiger partial charge on any atom is -0.323 e. The first-order valence-corrected chi connectivity index (χ1v) is 7.17. The van der Waals surface area contributed by atoms with Crippen molar-refractivity contribution in [1.82, 2.24) is 0 Å². The number of amides is 1. The summed E-state index contributed by atoms with van der Waals surface area (Å²) in [6.45, 7) is 6.03. The number of hydrogen-bond donors (Lipinski definition) is 1. The first-order chi connectivity index (χ1) is 8.88. The fourth-order valence-corrected chi connectivity index (χ4v) is 3.54. The van der Waals surface area contributed by atoms with Crippen LogP contribution in [0, 0.1) is 36.5 Å². The van der Waals surface area contributed by atoms with Crippen LogP contribution in [0.3, 0.4) is 0 Å². The summed E-state index contributed by atoms with van der Waals surface area (Å²) in [5, 5.41) is 12.2. The molecular weight excluding hydrogens is 304 g/mol. The van der Waals surface area contributed by atoms with Crippen LogP contribution in [-0.4, -0.2) is 5.91 Å². The molecule has 1 aromatic carbocycles. The fourth-order valence-electron chi connectivity index (χ4n) is 2.76. The highest BCUT2D eigenvalue weighted by Gasteiger charge is 2.49. The highest BCUT2D eigenvalue weighted by molar-refractivity contribution is 9.10. The second kappa shape index (κ2) is 4.97. The van der Waals surface area contributed by atoms with Gasteiger partial charge in [-0.05, 0) is 65.7 Å². The summed E-state index contributed by atoms with van der Waals surface area (Å²) in [5.74, 6) is 0.272. The Morgan fingerprint density at radius 1 is 1.47 bits per heavy atom. The molecule has 0 bridgehead atoms. The zero-order chi connectivity index (χ0) is 14.2. The van der Waals surface area contributed by atoms with Gasteiger partial charge in [0, 0.05) is 4.47 Å². The second-order valence-corrected chi connectivity index (χ2v) is 6.45. The van der Waals surface area contributed by atoms with E-state index in [1.54, 1.807) is 0 Å². The summed E-state index contributed by atoms with van der Waals surface area (Å²) < 4.78 is 0.860. The largest absolute Gasteiger partial charge is 0.323 e. The van der Waals surface area contributed by atoms with E-state index < -0.39 is 5.41 Å². The van der Waals surface area contributed by atoms with Gasteiger partial charge in [0.25, 0.3) is 0 Å². The Morgan fingerprint density at radius 2 is 2.11 bits per heavy atom. The lowest BCUT2D eigenvalue weighted by Crippen LogP contribution is -2.45. The van der Waals surface area contributed by atoms with E-state index in [1.807, 2.05) is 26.0 Å². The van der Waals surface area contributed by atoms with Crippen molar-refractivity contribution in [3.63, 3.8) is 0 Å². The third-order valence-electron chi connectivity index (χ3n) is 3.71. The number of carbonyl (C=O) groups excluding carboxylic acids is 1. The van der Waals surface area contributed by atoms with Gasteiger partial charge >= 0.3 is 0 Å². The number of nitrogens with zero attached hydrogens (tertiary/aromatic N) is 1. The molecule has 0 saturated heterocycles. The molecule has 0 unspecified atom stereocenters. The van der Waals surface area contributed by atoms with Crippen molar-refractivity contribution in [2.45, 2.75) is 33.6 Å². The molecular formula is C15H17BrN2O. The Morgan fingerprint density at radius 3 is 2.58 bits per heavy atom. The summed E-state index contributed by atoms with van der Waals surface area (Å²) in [7, 11) is 0. The van der Waals surface area contributed by atoms with Crippen LogP contribution in [0.5, 0.6) is 0 Å². The maximum Gasteiger partial charge on any atom is 0.244 e. The maximum absolute atomic E-state index is 12.3. The van der Waals surface area contributed by atoms with E-state index in [1.165, 1.54) is 0 Å². The summed E-state index contributed by atoms with van der Waals surface area (Å²) in [4.78, 5) is 12.3. The molecule has 3 nitrogen and oxygen atoms in total. The Hall–Kier alpha value is -1.34. The van der Waals surface area contributed by atoms with Crippen LogP contribution >= 0.6 is 15.9 Å². The molecule has 1 amide bonds. The molecule has 100 valence electrons. The lowest BCUT2D eigenvalue weighted by atomic mass is 9.63. The third kappa shape index (κ3) is 2.52. The molecule has 0 atom stereocenters. The number of hydrogen-bond acceptors (Lipinski definition) is 2. The number of anilines is 1. The zero-order valence-electron chi connectivity index (χ0n) is 11.4. The monoisotopic (exact) mass is 320 g/mol. The van der Waals surface area contributed by atoms with E-state index in [-0.39, 0.29) is 5.91 Å². The van der Waals surface area contributed by atoms with Gasteiger partial charge in [0.15, 0.2) is 0 Å². The van der Waals surface area contributed by atoms with Crippen LogP contribution in [0.15, 0.2) is 16.6 Å². The van der Waals surface area contributed by atoms with Crippen LogP contribution in [-0.2, 0) is 4.79 Å². The van der Waals surface area contributed by atoms with Gasteiger partial charge in [-0.3, -0.25) is 4.79 Å². The molecule has 0 radical (unpaired) electrons. The number of nitrogens with one attached hydrogen (secondary N) is 1. The van der Waals surface area contributed by atoms with Crippen molar-refractivity contribution in [3.8, 4) is 6.07 Å². The normalized spacial score (nSPS) is 25.3. The molecule has 2 rings (SSSR count). The van der Waals surface area contributed by atoms with Crippen molar-refractivity contribution >= 4 is 27.5 Å². The Bertz CT molecular complexity index is 545. The molecule has 0 aliphatic heterocycles. The average molecular weight is 321 g/mol. The maximum atomic E-state index is 12.3. The van der Waals surface area contributed by atoms with Crippen molar-refractivity contribution in [2.75, 3.05) is 5.32 Å². The molecule has 1 fully saturated rings. The molecule has 4 heteroatoms. The number of carbonyl (C=O) groups is 1. The second-order valence-electron chi connectivity index (χ2n) is 5.60. The highest BCUT2D eigenvalue weighted by Crippen LogP contribution is 2.46. The van der Waals surface area contributed by atoms with Gasteiger partial charge in [-0.2, -0.15) is 5.26 Å². The van der Waals surface area contributed by atoms with Gasteiger partial charge in [0.1, 0.15) is 5.41 Å². The summed E-state index contributed by atoms with van der Waals surface area (Å²) in [6.07, 6.45) is 1.30. The van der Waals surface area contributed by atoms with E-state index >= 15 is 0 Å². The molecule has 1 aliphatic carbocycles. The lowest BCUT2D eigenvalue weighted by Gasteiger charge is -2.39.